The summed E-state index contributed by atoms with van der Waals surface area (Å²) in [5.41, 5.74) is 15.7. The van der Waals surface area contributed by atoms with Gasteiger partial charge in [0.15, 0.2) is 17.8 Å². The van der Waals surface area contributed by atoms with Gasteiger partial charge in [-0.05, 0) is 119 Å². The van der Waals surface area contributed by atoms with Crippen molar-refractivity contribution in [2.75, 3.05) is 0 Å². The number of rotatable bonds is 5. The maximum atomic E-state index is 6.19. The van der Waals surface area contributed by atoms with Crippen LogP contribution in [0.15, 0.2) is 126 Å². The van der Waals surface area contributed by atoms with E-state index in [4.69, 9.17) is 19.4 Å². The van der Waals surface area contributed by atoms with Crippen LogP contribution in [0.25, 0.3) is 67.3 Å². The zero-order valence-electron chi connectivity index (χ0n) is 29.8. The van der Waals surface area contributed by atoms with Gasteiger partial charge in [-0.3, -0.25) is 0 Å². The largest absolute Gasteiger partial charge is 0.443 e. The summed E-state index contributed by atoms with van der Waals surface area (Å²) in [6.45, 7) is 4.64. The van der Waals surface area contributed by atoms with Gasteiger partial charge in [0.25, 0.3) is 0 Å². The lowest BCUT2D eigenvalue weighted by Crippen LogP contribution is -2.48. The van der Waals surface area contributed by atoms with Crippen LogP contribution >= 0.6 is 0 Å². The normalized spacial score (nSPS) is 23.5. The quantitative estimate of drug-likeness (QED) is 0.182. The van der Waals surface area contributed by atoms with Gasteiger partial charge in [0.2, 0.25) is 0 Å². The summed E-state index contributed by atoms with van der Waals surface area (Å²) in [6, 6.07) is 41.8. The van der Waals surface area contributed by atoms with Crippen molar-refractivity contribution in [1.82, 2.24) is 15.0 Å². The molecular weight excluding hydrogens is 635 g/mol. The summed E-state index contributed by atoms with van der Waals surface area (Å²) < 4.78 is 6.19. The summed E-state index contributed by atoms with van der Waals surface area (Å²) >= 11 is 0. The molecule has 0 atom stereocenters. The highest BCUT2D eigenvalue weighted by Gasteiger charge is 2.51. The Morgan fingerprint density at radius 2 is 1.19 bits per heavy atom. The van der Waals surface area contributed by atoms with Gasteiger partial charge in [0.1, 0.15) is 5.52 Å². The molecule has 4 bridgehead atoms. The fourth-order valence-electron chi connectivity index (χ4n) is 11.2. The Morgan fingerprint density at radius 3 is 1.96 bits per heavy atom. The maximum Gasteiger partial charge on any atom is 0.182 e. The second kappa shape index (κ2) is 11.1. The van der Waals surface area contributed by atoms with Gasteiger partial charge in [-0.15, -0.1) is 0 Å². The van der Waals surface area contributed by atoms with E-state index in [9.17, 15) is 0 Å². The minimum Gasteiger partial charge on any atom is -0.443 e. The molecule has 254 valence electrons. The third-order valence-corrected chi connectivity index (χ3v) is 13.2. The van der Waals surface area contributed by atoms with Crippen molar-refractivity contribution in [3.8, 4) is 56.2 Å². The van der Waals surface area contributed by atoms with Gasteiger partial charge in [-0.25, -0.2) is 15.0 Å². The molecule has 4 nitrogen and oxygen atoms in total. The van der Waals surface area contributed by atoms with Gasteiger partial charge < -0.3 is 4.42 Å². The smallest absolute Gasteiger partial charge is 0.182 e. The molecule has 0 spiro atoms. The second-order valence-electron chi connectivity index (χ2n) is 16.7. The van der Waals surface area contributed by atoms with Crippen LogP contribution in [0.5, 0.6) is 0 Å². The van der Waals surface area contributed by atoms with Gasteiger partial charge in [0, 0.05) is 27.7 Å². The van der Waals surface area contributed by atoms with Gasteiger partial charge in [0.05, 0.1) is 11.4 Å². The fraction of sp³-hybridized carbons (Fsp3) is 0.271. The monoisotopic (exact) mass is 675 g/mol. The summed E-state index contributed by atoms with van der Waals surface area (Å²) in [6.07, 6.45) is 10.0. The van der Waals surface area contributed by atoms with E-state index in [0.717, 1.165) is 73.9 Å². The molecule has 0 N–H and O–H groups in total. The van der Waals surface area contributed by atoms with Crippen LogP contribution in [0.4, 0.5) is 0 Å². The molecule has 0 saturated heterocycles. The molecule has 7 aromatic rings. The molecule has 5 aromatic carbocycles. The summed E-state index contributed by atoms with van der Waals surface area (Å²) in [5.74, 6) is 3.50. The first-order valence-electron chi connectivity index (χ1n) is 19.1. The number of hydrogen-bond acceptors (Lipinski definition) is 4. The van der Waals surface area contributed by atoms with Crippen molar-refractivity contribution in [3.63, 3.8) is 0 Å². The molecule has 12 rings (SSSR count). The van der Waals surface area contributed by atoms with Crippen molar-refractivity contribution < 1.29 is 4.42 Å². The Balaban J connectivity index is 1.000. The highest BCUT2D eigenvalue weighted by molar-refractivity contribution is 6.00. The van der Waals surface area contributed by atoms with Crippen LogP contribution < -0.4 is 0 Å². The standard InChI is InChI=1S/C48H41N3O/c1-47(2)40-11-7-6-10-37(40)38-17-14-34(23-41(38)47)36-18-19-39(44-45(36)52-28-49-44)43-24-42(32-8-4-3-5-9-32)50-46(51-43)33-12-15-35(16-13-33)48-25-29-20-30(26-48)22-31(21-29)27-48/h3-19,23-24,28-31H,20-22,25-27H2,1-2H3. The number of benzene rings is 5. The lowest BCUT2D eigenvalue weighted by Gasteiger charge is -2.57. The van der Waals surface area contributed by atoms with E-state index in [0.29, 0.717) is 5.41 Å². The van der Waals surface area contributed by atoms with E-state index in [1.807, 2.05) is 6.07 Å². The van der Waals surface area contributed by atoms with Crippen LogP contribution in [0.2, 0.25) is 0 Å². The predicted molar refractivity (Wildman–Crippen MR) is 209 cm³/mol. The molecule has 0 unspecified atom stereocenters. The molecular formula is C48H41N3O. The van der Waals surface area contributed by atoms with Crippen LogP contribution in [-0.4, -0.2) is 15.0 Å². The number of oxazole rings is 1. The molecule has 5 aliphatic carbocycles. The lowest BCUT2D eigenvalue weighted by atomic mass is 9.48. The van der Waals surface area contributed by atoms with Gasteiger partial charge in [-0.2, -0.15) is 0 Å². The average molecular weight is 676 g/mol. The first-order chi connectivity index (χ1) is 25.4. The third-order valence-electron chi connectivity index (χ3n) is 13.2. The molecule has 5 aliphatic rings. The zero-order valence-corrected chi connectivity index (χ0v) is 29.8. The van der Waals surface area contributed by atoms with Crippen molar-refractivity contribution in [3.05, 3.63) is 138 Å². The summed E-state index contributed by atoms with van der Waals surface area (Å²) in [4.78, 5) is 15.2. The first kappa shape index (κ1) is 30.3. The van der Waals surface area contributed by atoms with Crippen molar-refractivity contribution >= 4 is 11.1 Å². The topological polar surface area (TPSA) is 51.8 Å². The SMILES string of the molecule is CC1(C)c2ccccc2-c2ccc(-c3ccc(-c4cc(-c5ccccc5)nc(-c5ccc(C67CC8CC(CC(C8)C6)C7)cc5)n4)c4ncoc34)cc21. The minimum absolute atomic E-state index is 0.0823. The summed E-state index contributed by atoms with van der Waals surface area (Å²) in [7, 11) is 0. The molecule has 0 amide bonds. The number of hydrogen-bond donors (Lipinski definition) is 0. The third kappa shape index (κ3) is 4.56. The summed E-state index contributed by atoms with van der Waals surface area (Å²) in [5, 5.41) is 0. The van der Waals surface area contributed by atoms with Crippen LogP contribution in [0.3, 0.4) is 0 Å². The molecule has 2 aromatic heterocycles. The van der Waals surface area contributed by atoms with Gasteiger partial charge in [-0.1, -0.05) is 105 Å². The highest BCUT2D eigenvalue weighted by atomic mass is 16.3. The molecule has 4 fully saturated rings. The zero-order chi connectivity index (χ0) is 34.6. The first-order valence-corrected chi connectivity index (χ1v) is 19.1. The number of fused-ring (bicyclic) bond motifs is 4. The van der Waals surface area contributed by atoms with Crippen LogP contribution in [0, 0.1) is 17.8 Å². The predicted octanol–water partition coefficient (Wildman–Crippen LogP) is 12.1. The highest BCUT2D eigenvalue weighted by Crippen LogP contribution is 2.61. The Morgan fingerprint density at radius 1 is 0.558 bits per heavy atom. The molecule has 4 saturated carbocycles. The average Bonchev–Trinajstić information content (AvgIpc) is 3.75. The van der Waals surface area contributed by atoms with E-state index >= 15 is 0 Å². The van der Waals surface area contributed by atoms with Gasteiger partial charge >= 0.3 is 0 Å². The molecule has 0 radical (unpaired) electrons. The Bertz CT molecular complexity index is 2490. The van der Waals surface area contributed by atoms with E-state index in [1.165, 1.54) is 66.3 Å². The number of nitrogens with zero attached hydrogens (tertiary/aromatic N) is 3. The van der Waals surface area contributed by atoms with Crippen LogP contribution in [-0.2, 0) is 10.8 Å². The Hall–Kier alpha value is -5.35. The second-order valence-corrected chi connectivity index (χ2v) is 16.7. The lowest BCUT2D eigenvalue weighted by molar-refractivity contribution is -0.00518. The minimum atomic E-state index is -0.0823. The van der Waals surface area contributed by atoms with Crippen molar-refractivity contribution in [2.45, 2.75) is 63.2 Å². The molecule has 4 heteroatoms. The molecule has 52 heavy (non-hydrogen) atoms. The molecule has 2 heterocycles. The number of aromatic nitrogens is 3. The Kier molecular flexibility index (Phi) is 6.45. The van der Waals surface area contributed by atoms with E-state index < -0.39 is 0 Å². The van der Waals surface area contributed by atoms with E-state index in [1.54, 1.807) is 6.39 Å². The maximum absolute atomic E-state index is 6.19. The molecule has 0 aliphatic heterocycles. The Labute approximate surface area is 305 Å². The van der Waals surface area contributed by atoms with Crippen molar-refractivity contribution in [2.24, 2.45) is 17.8 Å². The van der Waals surface area contributed by atoms with Crippen molar-refractivity contribution in [1.29, 1.82) is 0 Å². The van der Waals surface area contributed by atoms with E-state index in [2.05, 4.69) is 123 Å². The fourth-order valence-corrected chi connectivity index (χ4v) is 11.2. The van der Waals surface area contributed by atoms with Crippen LogP contribution in [0.1, 0.15) is 69.1 Å². The van der Waals surface area contributed by atoms with E-state index in [-0.39, 0.29) is 5.41 Å².